The van der Waals surface area contributed by atoms with Crippen LogP contribution in [0.25, 0.3) is 0 Å². The van der Waals surface area contributed by atoms with Gasteiger partial charge in [-0.1, -0.05) is 30.1 Å². The molecule has 0 atom stereocenters. The summed E-state index contributed by atoms with van der Waals surface area (Å²) in [7, 11) is 0. The number of carbonyl (C=O) groups excluding carboxylic acids is 2. The number of rotatable bonds is 5. The quantitative estimate of drug-likeness (QED) is 0.651. The molecule has 134 valence electrons. The average molecular weight is 400 g/mol. The standard InChI is InChI=1S/C18H19Cl2NO3S/c1-5-12-10(4)25-17(15(12)18(23)24-9(2)3)21-16(22)13-8-11(19)6-7-14(13)20/h6-9H,5H2,1-4H3,(H,21,22). The maximum atomic E-state index is 12.6. The zero-order valence-corrected chi connectivity index (χ0v) is 16.7. The van der Waals surface area contributed by atoms with E-state index in [2.05, 4.69) is 5.32 Å². The van der Waals surface area contributed by atoms with Gasteiger partial charge in [0.15, 0.2) is 0 Å². The number of anilines is 1. The minimum atomic E-state index is -0.441. The third-order valence-corrected chi connectivity index (χ3v) is 5.14. The van der Waals surface area contributed by atoms with Crippen LogP contribution in [0.3, 0.4) is 0 Å². The largest absolute Gasteiger partial charge is 0.459 e. The summed E-state index contributed by atoms with van der Waals surface area (Å²) in [5.41, 5.74) is 1.54. The van der Waals surface area contributed by atoms with Crippen molar-refractivity contribution in [1.29, 1.82) is 0 Å². The van der Waals surface area contributed by atoms with Gasteiger partial charge in [0, 0.05) is 9.90 Å². The second-order valence-electron chi connectivity index (χ2n) is 5.73. The number of halogens is 2. The van der Waals surface area contributed by atoms with Crippen molar-refractivity contribution in [3.63, 3.8) is 0 Å². The highest BCUT2D eigenvalue weighted by atomic mass is 35.5. The molecule has 0 saturated carbocycles. The summed E-state index contributed by atoms with van der Waals surface area (Å²) in [4.78, 5) is 26.1. The lowest BCUT2D eigenvalue weighted by Crippen LogP contribution is -2.17. The molecule has 1 aromatic carbocycles. The number of hydrogen-bond acceptors (Lipinski definition) is 4. The van der Waals surface area contributed by atoms with Crippen LogP contribution < -0.4 is 5.32 Å². The van der Waals surface area contributed by atoms with Crippen LogP contribution in [0, 0.1) is 6.92 Å². The third-order valence-electron chi connectivity index (χ3n) is 3.51. The average Bonchev–Trinajstić information content (AvgIpc) is 2.84. The van der Waals surface area contributed by atoms with E-state index < -0.39 is 11.9 Å². The second kappa shape index (κ2) is 8.21. The van der Waals surface area contributed by atoms with Crippen LogP contribution in [0.2, 0.25) is 10.0 Å². The number of thiophene rings is 1. The number of aryl methyl sites for hydroxylation is 1. The Bertz CT molecular complexity index is 815. The Morgan fingerprint density at radius 3 is 2.56 bits per heavy atom. The van der Waals surface area contributed by atoms with Crippen LogP contribution in [0.5, 0.6) is 0 Å². The highest BCUT2D eigenvalue weighted by Gasteiger charge is 2.25. The van der Waals surface area contributed by atoms with Crippen molar-refractivity contribution in [2.24, 2.45) is 0 Å². The van der Waals surface area contributed by atoms with Crippen molar-refractivity contribution in [2.45, 2.75) is 40.2 Å². The van der Waals surface area contributed by atoms with Crippen LogP contribution in [0.15, 0.2) is 18.2 Å². The van der Waals surface area contributed by atoms with Gasteiger partial charge in [-0.05, 0) is 51.0 Å². The first-order chi connectivity index (χ1) is 11.7. The lowest BCUT2D eigenvalue weighted by atomic mass is 10.1. The summed E-state index contributed by atoms with van der Waals surface area (Å²) >= 11 is 13.4. The smallest absolute Gasteiger partial charge is 0.341 e. The molecule has 0 radical (unpaired) electrons. The van der Waals surface area contributed by atoms with Gasteiger partial charge in [0.2, 0.25) is 0 Å². The predicted molar refractivity (Wildman–Crippen MR) is 103 cm³/mol. The van der Waals surface area contributed by atoms with Gasteiger partial charge in [0.1, 0.15) is 5.00 Å². The van der Waals surface area contributed by atoms with Gasteiger partial charge in [-0.3, -0.25) is 4.79 Å². The second-order valence-corrected chi connectivity index (χ2v) is 7.80. The highest BCUT2D eigenvalue weighted by molar-refractivity contribution is 7.16. The third kappa shape index (κ3) is 4.54. The molecule has 0 spiro atoms. The summed E-state index contributed by atoms with van der Waals surface area (Å²) in [6.07, 6.45) is 0.418. The summed E-state index contributed by atoms with van der Waals surface area (Å²) in [5.74, 6) is -0.862. The first-order valence-electron chi connectivity index (χ1n) is 7.84. The molecule has 0 unspecified atom stereocenters. The van der Waals surface area contributed by atoms with E-state index >= 15 is 0 Å². The zero-order valence-electron chi connectivity index (χ0n) is 14.4. The van der Waals surface area contributed by atoms with E-state index in [1.165, 1.54) is 17.4 Å². The molecule has 1 N–H and O–H groups in total. The Balaban J connectivity index is 2.40. The van der Waals surface area contributed by atoms with Gasteiger partial charge in [-0.25, -0.2) is 4.79 Å². The normalized spacial score (nSPS) is 10.8. The lowest BCUT2D eigenvalue weighted by molar-refractivity contribution is 0.0378. The minimum Gasteiger partial charge on any atom is -0.459 e. The first-order valence-corrected chi connectivity index (χ1v) is 9.41. The van der Waals surface area contributed by atoms with Gasteiger partial charge in [-0.2, -0.15) is 0 Å². The summed E-state index contributed by atoms with van der Waals surface area (Å²) in [6.45, 7) is 7.44. The zero-order chi connectivity index (χ0) is 18.7. The van der Waals surface area contributed by atoms with Crippen LogP contribution in [-0.2, 0) is 11.2 Å². The molecule has 0 aliphatic carbocycles. The van der Waals surface area contributed by atoms with Crippen molar-refractivity contribution < 1.29 is 14.3 Å². The minimum absolute atomic E-state index is 0.247. The van der Waals surface area contributed by atoms with E-state index in [1.807, 2.05) is 13.8 Å². The maximum Gasteiger partial charge on any atom is 0.341 e. The van der Waals surface area contributed by atoms with Crippen LogP contribution in [0.1, 0.15) is 51.9 Å². The summed E-state index contributed by atoms with van der Waals surface area (Å²) in [6, 6.07) is 4.66. The molecular weight excluding hydrogens is 381 g/mol. The molecular formula is C18H19Cl2NO3S. The van der Waals surface area contributed by atoms with E-state index in [1.54, 1.807) is 26.0 Å². The van der Waals surface area contributed by atoms with Crippen LogP contribution >= 0.6 is 34.5 Å². The molecule has 0 aliphatic heterocycles. The Labute approximate surface area is 161 Å². The molecule has 0 aliphatic rings. The van der Waals surface area contributed by atoms with Crippen LogP contribution in [0.4, 0.5) is 5.00 Å². The van der Waals surface area contributed by atoms with Gasteiger partial charge < -0.3 is 10.1 Å². The molecule has 4 nitrogen and oxygen atoms in total. The molecule has 2 rings (SSSR count). The number of nitrogens with one attached hydrogen (secondary N) is 1. The number of hydrogen-bond donors (Lipinski definition) is 1. The number of carbonyl (C=O) groups is 2. The molecule has 0 saturated heterocycles. The summed E-state index contributed by atoms with van der Waals surface area (Å²) < 4.78 is 5.33. The molecule has 25 heavy (non-hydrogen) atoms. The fraction of sp³-hybridized carbons (Fsp3) is 0.333. The monoisotopic (exact) mass is 399 g/mol. The SMILES string of the molecule is CCc1c(C)sc(NC(=O)c2cc(Cl)ccc2Cl)c1C(=O)OC(C)C. The first kappa shape index (κ1) is 19.8. The fourth-order valence-electron chi connectivity index (χ4n) is 2.42. The Morgan fingerprint density at radius 1 is 1.28 bits per heavy atom. The molecule has 1 heterocycles. The molecule has 1 aromatic heterocycles. The Hall–Kier alpha value is -1.56. The molecule has 2 aromatic rings. The Morgan fingerprint density at radius 2 is 1.96 bits per heavy atom. The lowest BCUT2D eigenvalue weighted by Gasteiger charge is -2.11. The van der Waals surface area contributed by atoms with E-state index in [0.717, 1.165) is 10.4 Å². The predicted octanol–water partition coefficient (Wildman–Crippen LogP) is 5.74. The Kier molecular flexibility index (Phi) is 6.49. The van der Waals surface area contributed by atoms with Gasteiger partial charge in [-0.15, -0.1) is 11.3 Å². The van der Waals surface area contributed by atoms with Crippen molar-refractivity contribution in [3.8, 4) is 0 Å². The maximum absolute atomic E-state index is 12.6. The topological polar surface area (TPSA) is 55.4 Å². The van der Waals surface area contributed by atoms with Crippen molar-refractivity contribution in [1.82, 2.24) is 0 Å². The van der Waals surface area contributed by atoms with Crippen LogP contribution in [-0.4, -0.2) is 18.0 Å². The van der Waals surface area contributed by atoms with Crippen molar-refractivity contribution in [3.05, 3.63) is 49.8 Å². The van der Waals surface area contributed by atoms with E-state index in [9.17, 15) is 9.59 Å². The van der Waals surface area contributed by atoms with Gasteiger partial charge in [0.25, 0.3) is 5.91 Å². The number of benzene rings is 1. The molecule has 1 amide bonds. The summed E-state index contributed by atoms with van der Waals surface area (Å²) in [5, 5.41) is 3.94. The van der Waals surface area contributed by atoms with E-state index in [0.29, 0.717) is 22.0 Å². The molecule has 0 fully saturated rings. The van der Waals surface area contributed by atoms with E-state index in [4.69, 9.17) is 27.9 Å². The van der Waals surface area contributed by atoms with E-state index in [-0.39, 0.29) is 16.7 Å². The van der Waals surface area contributed by atoms with Gasteiger partial charge >= 0.3 is 5.97 Å². The van der Waals surface area contributed by atoms with Crippen molar-refractivity contribution >= 4 is 51.4 Å². The fourth-order valence-corrected chi connectivity index (χ4v) is 3.93. The number of esters is 1. The number of ether oxygens (including phenoxy) is 1. The molecule has 0 bridgehead atoms. The van der Waals surface area contributed by atoms with Crippen molar-refractivity contribution in [2.75, 3.05) is 5.32 Å². The van der Waals surface area contributed by atoms with Gasteiger partial charge in [0.05, 0.1) is 22.3 Å². The highest BCUT2D eigenvalue weighted by Crippen LogP contribution is 2.35. The molecule has 7 heteroatoms. The number of amides is 1.